The van der Waals surface area contributed by atoms with Crippen LogP contribution < -0.4 is 5.56 Å². The van der Waals surface area contributed by atoms with Crippen molar-refractivity contribution >= 4 is 28.6 Å². The average molecular weight is 333 g/mol. The maximum absolute atomic E-state index is 12.5. The number of morpholine rings is 1. The van der Waals surface area contributed by atoms with Gasteiger partial charge in [0.2, 0.25) is 5.91 Å². The number of carbonyl (C=O) groups excluding carboxylic acids is 1. The van der Waals surface area contributed by atoms with Gasteiger partial charge in [0.15, 0.2) is 5.16 Å². The summed E-state index contributed by atoms with van der Waals surface area (Å²) in [6.45, 7) is 4.25. The Morgan fingerprint density at radius 2 is 2.00 bits per heavy atom. The SMILES string of the molecule is C[C@H](Sc1nc2ccccc2c(=O)n1C)C(=O)N1CCOCC1. The van der Waals surface area contributed by atoms with Gasteiger partial charge in [-0.15, -0.1) is 0 Å². The Morgan fingerprint density at radius 3 is 2.74 bits per heavy atom. The number of benzene rings is 1. The van der Waals surface area contributed by atoms with Crippen LogP contribution in [0.4, 0.5) is 0 Å². The molecule has 122 valence electrons. The number of carbonyl (C=O) groups is 1. The summed E-state index contributed by atoms with van der Waals surface area (Å²) in [5.41, 5.74) is 0.563. The molecular weight excluding hydrogens is 314 g/mol. The van der Waals surface area contributed by atoms with Crippen LogP contribution in [0.25, 0.3) is 10.9 Å². The van der Waals surface area contributed by atoms with E-state index in [2.05, 4.69) is 4.98 Å². The smallest absolute Gasteiger partial charge is 0.261 e. The number of aromatic nitrogens is 2. The van der Waals surface area contributed by atoms with Crippen LogP contribution in [0.1, 0.15) is 6.92 Å². The zero-order valence-corrected chi connectivity index (χ0v) is 14.0. The van der Waals surface area contributed by atoms with Crippen LogP contribution in [0, 0.1) is 0 Å². The van der Waals surface area contributed by atoms with E-state index in [4.69, 9.17) is 4.74 Å². The Labute approximate surface area is 138 Å². The lowest BCUT2D eigenvalue weighted by molar-refractivity contribution is -0.134. The zero-order chi connectivity index (χ0) is 16.4. The molecule has 0 N–H and O–H groups in total. The number of fused-ring (bicyclic) bond motifs is 1. The fraction of sp³-hybridized carbons (Fsp3) is 0.438. The van der Waals surface area contributed by atoms with Crippen LogP contribution in [0.15, 0.2) is 34.2 Å². The van der Waals surface area contributed by atoms with Crippen LogP contribution in [-0.2, 0) is 16.6 Å². The number of para-hydroxylation sites is 1. The largest absolute Gasteiger partial charge is 0.378 e. The van der Waals surface area contributed by atoms with E-state index in [-0.39, 0.29) is 16.7 Å². The minimum atomic E-state index is -0.299. The second kappa shape index (κ2) is 6.72. The summed E-state index contributed by atoms with van der Waals surface area (Å²) in [5, 5.41) is 0.849. The van der Waals surface area contributed by atoms with Gasteiger partial charge in [-0.25, -0.2) is 4.98 Å². The molecule has 3 rings (SSSR count). The predicted molar refractivity (Wildman–Crippen MR) is 89.7 cm³/mol. The first-order valence-corrected chi connectivity index (χ1v) is 8.45. The minimum absolute atomic E-state index is 0.0562. The van der Waals surface area contributed by atoms with Gasteiger partial charge >= 0.3 is 0 Å². The van der Waals surface area contributed by atoms with Crippen molar-refractivity contribution in [3.05, 3.63) is 34.6 Å². The molecule has 1 aromatic carbocycles. The van der Waals surface area contributed by atoms with Gasteiger partial charge in [0.1, 0.15) is 0 Å². The molecule has 2 heterocycles. The molecule has 23 heavy (non-hydrogen) atoms. The molecule has 0 spiro atoms. The van der Waals surface area contributed by atoms with Gasteiger partial charge in [-0.05, 0) is 19.1 Å². The fourth-order valence-electron chi connectivity index (χ4n) is 2.55. The van der Waals surface area contributed by atoms with Crippen molar-refractivity contribution in [1.29, 1.82) is 0 Å². The third kappa shape index (κ3) is 3.25. The van der Waals surface area contributed by atoms with Crippen LogP contribution in [0.3, 0.4) is 0 Å². The first-order valence-electron chi connectivity index (χ1n) is 7.57. The normalized spacial score (nSPS) is 16.5. The van der Waals surface area contributed by atoms with Crippen LogP contribution in [0.2, 0.25) is 0 Å². The highest BCUT2D eigenvalue weighted by Crippen LogP contribution is 2.23. The molecule has 7 heteroatoms. The van der Waals surface area contributed by atoms with Crippen molar-refractivity contribution in [1.82, 2.24) is 14.5 Å². The van der Waals surface area contributed by atoms with Gasteiger partial charge in [0, 0.05) is 20.1 Å². The standard InChI is InChI=1S/C16H19N3O3S/c1-11(14(20)19-7-9-22-10-8-19)23-16-17-13-6-4-3-5-12(13)15(21)18(16)2/h3-6,11H,7-10H2,1-2H3/t11-/m0/s1. The van der Waals surface area contributed by atoms with Crippen molar-refractivity contribution in [2.24, 2.45) is 7.05 Å². The first kappa shape index (κ1) is 16.0. The Kier molecular flexibility index (Phi) is 4.68. The third-order valence-electron chi connectivity index (χ3n) is 3.89. The molecule has 1 saturated heterocycles. The highest BCUT2D eigenvalue weighted by atomic mass is 32.2. The van der Waals surface area contributed by atoms with Gasteiger partial charge in [-0.2, -0.15) is 0 Å². The summed E-state index contributed by atoms with van der Waals surface area (Å²) in [7, 11) is 1.69. The van der Waals surface area contributed by atoms with Gasteiger partial charge in [-0.3, -0.25) is 14.2 Å². The van der Waals surface area contributed by atoms with Crippen molar-refractivity contribution < 1.29 is 9.53 Å². The average Bonchev–Trinajstić information content (AvgIpc) is 2.59. The number of hydrogen-bond donors (Lipinski definition) is 0. The van der Waals surface area contributed by atoms with E-state index in [1.807, 2.05) is 25.1 Å². The molecule has 1 atom stereocenters. The molecule has 0 aliphatic carbocycles. The Morgan fingerprint density at radius 1 is 1.30 bits per heavy atom. The number of ether oxygens (including phenoxy) is 1. The summed E-state index contributed by atoms with van der Waals surface area (Å²) < 4.78 is 6.78. The predicted octanol–water partition coefficient (Wildman–Crippen LogP) is 1.27. The molecule has 0 saturated carbocycles. The molecule has 2 aromatic rings. The zero-order valence-electron chi connectivity index (χ0n) is 13.2. The minimum Gasteiger partial charge on any atom is -0.378 e. The number of hydrogen-bond acceptors (Lipinski definition) is 5. The summed E-state index contributed by atoms with van der Waals surface area (Å²) in [4.78, 5) is 31.2. The lowest BCUT2D eigenvalue weighted by Crippen LogP contribution is -2.44. The number of amides is 1. The number of nitrogens with zero attached hydrogens (tertiary/aromatic N) is 3. The summed E-state index contributed by atoms with van der Waals surface area (Å²) in [6, 6.07) is 7.25. The van der Waals surface area contributed by atoms with E-state index in [1.54, 1.807) is 18.0 Å². The van der Waals surface area contributed by atoms with Gasteiger partial charge in [0.25, 0.3) is 5.56 Å². The fourth-order valence-corrected chi connectivity index (χ4v) is 3.51. The van der Waals surface area contributed by atoms with Crippen LogP contribution in [0.5, 0.6) is 0 Å². The molecule has 1 amide bonds. The van der Waals surface area contributed by atoms with Gasteiger partial charge in [0.05, 0.1) is 29.4 Å². The van der Waals surface area contributed by atoms with Crippen molar-refractivity contribution in [2.45, 2.75) is 17.3 Å². The van der Waals surface area contributed by atoms with Crippen LogP contribution >= 0.6 is 11.8 Å². The van der Waals surface area contributed by atoms with Gasteiger partial charge < -0.3 is 9.64 Å². The van der Waals surface area contributed by atoms with E-state index in [1.165, 1.54) is 16.3 Å². The topological polar surface area (TPSA) is 64.4 Å². The number of rotatable bonds is 3. The van der Waals surface area contributed by atoms with Crippen LogP contribution in [-0.4, -0.2) is 51.9 Å². The molecule has 0 bridgehead atoms. The lowest BCUT2D eigenvalue weighted by Gasteiger charge is -2.29. The molecular formula is C16H19N3O3S. The van der Waals surface area contributed by atoms with Crippen molar-refractivity contribution in [3.8, 4) is 0 Å². The first-order chi connectivity index (χ1) is 11.1. The second-order valence-electron chi connectivity index (χ2n) is 5.47. The number of thioether (sulfide) groups is 1. The second-order valence-corrected chi connectivity index (χ2v) is 6.78. The molecule has 0 unspecified atom stereocenters. The summed E-state index contributed by atoms with van der Waals surface area (Å²) in [6.07, 6.45) is 0. The van der Waals surface area contributed by atoms with E-state index in [9.17, 15) is 9.59 Å². The maximum atomic E-state index is 12.5. The molecule has 1 aromatic heterocycles. The molecule has 6 nitrogen and oxygen atoms in total. The van der Waals surface area contributed by atoms with E-state index < -0.39 is 0 Å². The monoisotopic (exact) mass is 333 g/mol. The highest BCUT2D eigenvalue weighted by molar-refractivity contribution is 8.00. The van der Waals surface area contributed by atoms with Gasteiger partial charge in [-0.1, -0.05) is 23.9 Å². The maximum Gasteiger partial charge on any atom is 0.261 e. The van der Waals surface area contributed by atoms with Crippen molar-refractivity contribution in [3.63, 3.8) is 0 Å². The van der Waals surface area contributed by atoms with E-state index in [0.717, 1.165) is 0 Å². The van der Waals surface area contributed by atoms with E-state index in [0.29, 0.717) is 42.4 Å². The molecule has 1 aliphatic rings. The van der Waals surface area contributed by atoms with E-state index >= 15 is 0 Å². The molecule has 0 radical (unpaired) electrons. The molecule has 1 aliphatic heterocycles. The Hall–Kier alpha value is -1.86. The lowest BCUT2D eigenvalue weighted by atomic mass is 10.2. The summed E-state index contributed by atoms with van der Waals surface area (Å²) in [5.74, 6) is 0.0562. The third-order valence-corrected chi connectivity index (χ3v) is 5.03. The quantitative estimate of drug-likeness (QED) is 0.625. The molecule has 1 fully saturated rings. The summed E-state index contributed by atoms with van der Waals surface area (Å²) >= 11 is 1.32. The highest BCUT2D eigenvalue weighted by Gasteiger charge is 2.24. The Bertz CT molecular complexity index is 784. The Balaban J connectivity index is 1.84. The van der Waals surface area contributed by atoms with Crippen molar-refractivity contribution in [2.75, 3.05) is 26.3 Å².